The molecule has 652 valence electrons. The zero-order chi connectivity index (χ0) is 87.5. The molecule has 9 rings (SSSR count). The number of carbonyl (C=O) groups excluding carboxylic acids is 16. The van der Waals surface area contributed by atoms with Crippen LogP contribution in [-0.2, 0) is 96.0 Å². The summed E-state index contributed by atoms with van der Waals surface area (Å²) >= 11 is 0. The van der Waals surface area contributed by atoms with Crippen LogP contribution in [0.2, 0.25) is 0 Å². The number of nitrogens with one attached hydrogen (secondary N) is 16. The summed E-state index contributed by atoms with van der Waals surface area (Å²) in [5.41, 5.74) is 9.12. The highest BCUT2D eigenvalue weighted by atomic mass is 33.1. The van der Waals surface area contributed by atoms with Gasteiger partial charge in [0, 0.05) is 117 Å². The summed E-state index contributed by atoms with van der Waals surface area (Å²) in [6.45, 7) is 13.2. The maximum Gasteiger partial charge on any atom is 0.248 e. The number of fused-ring (bicyclic) bond motifs is 9. The SMILES string of the molecule is CC(C)C[C@@H]1NC(=O)[C@H](Cc2cnc[nH]2)NC(=O)[C@H](Cc2c[nH]c3ccccc23)NC(=O)[C@H](C)NC(=O)[C@@H]2CSSC[C@H](NC(=O)[C@H](Cc3c[nH]c4ccccc34)NC(=O)[C@H](C(C)C)NC(=O)[C@H](CC(C)C)NC(=O)[C@H](CCC(=O)N(C)C)NC(=O)CNC1=O)C(=O)N[C@@H]([C@@H](C)O)C(=O)N1CCC[C@@H]1C(=O)N1C[C@@H](N)C[C@H]1C(=O)N[C@@H](C)C(=O)N2. The number of carbonyl (C=O) groups is 16. The first kappa shape index (κ1) is 92.7. The highest BCUT2D eigenvalue weighted by molar-refractivity contribution is 8.76. The second kappa shape index (κ2) is 42.7. The van der Waals surface area contributed by atoms with E-state index >= 15 is 19.2 Å². The molecule has 16 atom stereocenters. The first-order valence-corrected chi connectivity index (χ1v) is 42.9. The van der Waals surface area contributed by atoms with E-state index in [4.69, 9.17) is 5.73 Å². The molecule has 4 fully saturated rings. The largest absolute Gasteiger partial charge is 0.391 e. The summed E-state index contributed by atoms with van der Waals surface area (Å²) in [6.07, 6.45) is 3.20. The number of aliphatic hydroxyl groups is 1. The van der Waals surface area contributed by atoms with Gasteiger partial charge < -0.3 is 110 Å². The van der Waals surface area contributed by atoms with Crippen LogP contribution in [0.25, 0.3) is 21.8 Å². The third-order valence-electron chi connectivity index (χ3n) is 21.3. The Bertz CT molecular complexity index is 4550. The minimum absolute atomic E-state index is 0.0190. The summed E-state index contributed by atoms with van der Waals surface area (Å²) in [7, 11) is 4.74. The van der Waals surface area contributed by atoms with E-state index in [2.05, 4.69) is 89.1 Å². The molecule has 0 aliphatic carbocycles. The van der Waals surface area contributed by atoms with Gasteiger partial charge in [0.15, 0.2) is 0 Å². The highest BCUT2D eigenvalue weighted by Crippen LogP contribution is 2.29. The molecule has 4 aliphatic rings. The van der Waals surface area contributed by atoms with Crippen molar-refractivity contribution in [3.63, 3.8) is 0 Å². The average Bonchev–Trinajstić information content (AvgIpc) is 1.78. The Hall–Kier alpha value is -11.1. The van der Waals surface area contributed by atoms with Crippen molar-refractivity contribution in [1.82, 2.24) is 104 Å². The number of aromatic nitrogens is 4. The lowest BCUT2D eigenvalue weighted by atomic mass is 9.98. The lowest BCUT2D eigenvalue weighted by Crippen LogP contribution is -2.62. The van der Waals surface area contributed by atoms with Gasteiger partial charge in [0.05, 0.1) is 19.0 Å². The van der Waals surface area contributed by atoms with Crippen molar-refractivity contribution < 1.29 is 81.8 Å². The maximum atomic E-state index is 15.5. The van der Waals surface area contributed by atoms with E-state index in [0.717, 1.165) is 21.6 Å². The number of rotatable bonds is 15. The van der Waals surface area contributed by atoms with Crippen molar-refractivity contribution in [2.24, 2.45) is 23.5 Å². The van der Waals surface area contributed by atoms with Gasteiger partial charge in [0.25, 0.3) is 0 Å². The Morgan fingerprint density at radius 2 is 1.01 bits per heavy atom. The molecule has 4 saturated heterocycles. The summed E-state index contributed by atoms with van der Waals surface area (Å²) in [5.74, 6) is -16.3. The molecule has 4 aliphatic heterocycles. The number of hydrogen-bond donors (Lipinski definition) is 18. The number of hydrogen-bond acceptors (Lipinski definition) is 21. The van der Waals surface area contributed by atoms with Crippen molar-refractivity contribution in [1.29, 1.82) is 0 Å². The van der Waals surface area contributed by atoms with Crippen molar-refractivity contribution in [3.8, 4) is 0 Å². The fraction of sp³-hybridized carbons (Fsp3) is 0.562. The molecular formula is C80H113N21O17S2. The molecule has 3 aromatic heterocycles. The van der Waals surface area contributed by atoms with Gasteiger partial charge in [-0.25, -0.2) is 4.98 Å². The smallest absolute Gasteiger partial charge is 0.248 e. The van der Waals surface area contributed by atoms with Crippen LogP contribution in [0, 0.1) is 17.8 Å². The molecule has 5 aromatic rings. The molecule has 19 N–H and O–H groups in total. The summed E-state index contributed by atoms with van der Waals surface area (Å²) < 4.78 is 0. The Kier molecular flexibility index (Phi) is 33.0. The third-order valence-corrected chi connectivity index (χ3v) is 23.8. The van der Waals surface area contributed by atoms with Crippen LogP contribution in [-0.4, -0.2) is 276 Å². The molecule has 0 saturated carbocycles. The predicted molar refractivity (Wildman–Crippen MR) is 445 cm³/mol. The number of imidazole rings is 1. The Balaban J connectivity index is 1.12. The van der Waals surface area contributed by atoms with Crippen LogP contribution in [0.1, 0.15) is 124 Å². The number of aromatic amines is 3. The minimum atomic E-state index is -1.78. The van der Waals surface area contributed by atoms with Crippen molar-refractivity contribution in [2.45, 2.75) is 223 Å². The zero-order valence-corrected chi connectivity index (χ0v) is 70.8. The number of amides is 16. The Morgan fingerprint density at radius 3 is 1.56 bits per heavy atom. The van der Waals surface area contributed by atoms with Crippen LogP contribution in [0.4, 0.5) is 0 Å². The van der Waals surface area contributed by atoms with E-state index in [9.17, 15) is 62.6 Å². The standard InChI is InChI=1S/C80H113N21O17S2/c1-39(2)25-54-69(107)85-34-63(103)89-53(22-23-64(104)99(10)11)70(108)92-55(26-40(3)4)74(112)97-65(41(5)6)78(116)94-57(28-46-32-84-52-20-15-13-18-50(46)52)72(110)96-60-37-120-119-36-59(95-68(106)43(8)88-77(115)62-29-47(81)35-101(62)79(117)61-21-16-24-100(61)80(118)66(44(9)102)98-76(60)114)75(113)87-42(7)67(105)90-56(27-45-31-83-51-19-14-12-17-49(45)51)71(109)93-58(73(111)91-54)30-48-33-82-38-86-48/h12-15,17-20,31-33,38-44,47,53-62,65-66,83-84,102H,16,21-30,34-37,81H2,1-11H3,(H,82,86)(H,85,107)(H,87,113)(H,88,115)(H,89,103)(H,90,105)(H,91,111)(H,92,108)(H,93,109)(H,94,116)(H,95,106)(H,96,110)(H,97,112)(H,98,114)/t42-,43-,44+,47-,53-,54-,55-,56-,57-,58-,59-,60-,61+,62-,65-,66-/m0/s1. The highest BCUT2D eigenvalue weighted by Gasteiger charge is 2.48. The Morgan fingerprint density at radius 1 is 0.525 bits per heavy atom. The molecule has 7 heterocycles. The van der Waals surface area contributed by atoms with Crippen LogP contribution in [0.5, 0.6) is 0 Å². The number of benzene rings is 2. The maximum absolute atomic E-state index is 15.5. The lowest BCUT2D eigenvalue weighted by Gasteiger charge is -2.34. The first-order chi connectivity index (χ1) is 56.9. The second-order valence-electron chi connectivity index (χ2n) is 32.4. The van der Waals surface area contributed by atoms with E-state index in [1.807, 2.05) is 0 Å². The fourth-order valence-electron chi connectivity index (χ4n) is 14.7. The quantitative estimate of drug-likeness (QED) is 0.0490. The van der Waals surface area contributed by atoms with Crippen LogP contribution in [0.3, 0.4) is 0 Å². The monoisotopic (exact) mass is 1700 g/mol. The van der Waals surface area contributed by atoms with E-state index in [1.54, 1.807) is 102 Å². The van der Waals surface area contributed by atoms with Gasteiger partial charge in [-0.2, -0.15) is 0 Å². The molecule has 38 nitrogen and oxygen atoms in total. The molecule has 2 aromatic carbocycles. The van der Waals surface area contributed by atoms with E-state index in [0.29, 0.717) is 38.6 Å². The van der Waals surface area contributed by atoms with Crippen molar-refractivity contribution in [2.75, 3.05) is 45.2 Å². The van der Waals surface area contributed by atoms with Gasteiger partial charge in [-0.3, -0.25) is 76.7 Å². The first-order valence-electron chi connectivity index (χ1n) is 40.4. The zero-order valence-electron chi connectivity index (χ0n) is 69.2. The molecule has 0 unspecified atom stereocenters. The normalized spacial score (nSPS) is 27.2. The van der Waals surface area contributed by atoms with E-state index in [-0.39, 0.29) is 89.1 Å². The van der Waals surface area contributed by atoms with Crippen LogP contribution >= 0.6 is 21.6 Å². The summed E-state index contributed by atoms with van der Waals surface area (Å²) in [6, 6.07) is -7.66. The molecule has 0 spiro atoms. The number of H-pyrrole nitrogens is 3. The average molecular weight is 1710 g/mol. The second-order valence-corrected chi connectivity index (χ2v) is 35.0. The topological polar surface area (TPSA) is 546 Å². The van der Waals surface area contributed by atoms with Gasteiger partial charge in [-0.1, -0.05) is 99.5 Å². The number of nitrogens with zero attached hydrogens (tertiary/aromatic N) is 4. The number of para-hydroxylation sites is 2. The van der Waals surface area contributed by atoms with Gasteiger partial charge in [0.1, 0.15) is 84.6 Å². The van der Waals surface area contributed by atoms with Crippen molar-refractivity contribution >= 4 is 138 Å². The molecule has 120 heavy (non-hydrogen) atoms. The minimum Gasteiger partial charge on any atom is -0.391 e. The fourth-order valence-corrected chi connectivity index (χ4v) is 17.1. The van der Waals surface area contributed by atoms with E-state index < -0.39 is 215 Å². The van der Waals surface area contributed by atoms with Crippen LogP contribution < -0.4 is 74.9 Å². The van der Waals surface area contributed by atoms with Gasteiger partial charge >= 0.3 is 0 Å². The van der Waals surface area contributed by atoms with Gasteiger partial charge in [0.2, 0.25) is 94.5 Å². The molecule has 2 bridgehead atoms. The van der Waals surface area contributed by atoms with Crippen LogP contribution in [0.15, 0.2) is 73.4 Å². The number of nitrogens with two attached hydrogens (primary N) is 1. The molecular weight excluding hydrogens is 1590 g/mol. The molecule has 0 radical (unpaired) electrons. The summed E-state index contributed by atoms with van der Waals surface area (Å²) in [4.78, 5) is 253. The molecule has 40 heteroatoms. The summed E-state index contributed by atoms with van der Waals surface area (Å²) in [5, 5.41) is 47.6. The van der Waals surface area contributed by atoms with Crippen molar-refractivity contribution in [3.05, 3.63) is 90.3 Å². The lowest BCUT2D eigenvalue weighted by molar-refractivity contribution is -0.149. The van der Waals surface area contributed by atoms with Gasteiger partial charge in [-0.05, 0) is 100 Å². The Labute approximate surface area is 702 Å². The predicted octanol–water partition coefficient (Wildman–Crippen LogP) is -2.30. The number of aliphatic hydroxyl groups excluding tert-OH is 1. The van der Waals surface area contributed by atoms with E-state index in [1.165, 1.54) is 62.1 Å². The third kappa shape index (κ3) is 25.0. The van der Waals surface area contributed by atoms with Gasteiger partial charge in [-0.15, -0.1) is 0 Å². The molecule has 16 amide bonds.